The maximum Gasteiger partial charge on any atom is 0.159 e. The molecule has 2 aliphatic rings. The van der Waals surface area contributed by atoms with Gasteiger partial charge in [-0.25, -0.2) is 4.98 Å². The molecule has 0 saturated carbocycles. The van der Waals surface area contributed by atoms with Crippen molar-refractivity contribution in [3.8, 4) is 0 Å². The summed E-state index contributed by atoms with van der Waals surface area (Å²) in [6, 6.07) is 0.795. The highest BCUT2D eigenvalue weighted by molar-refractivity contribution is 9.11. The number of likely N-dealkylation sites (tertiary alicyclic amines) is 1. The third-order valence-corrected chi connectivity index (χ3v) is 5.72. The van der Waals surface area contributed by atoms with Crippen molar-refractivity contribution in [1.82, 2.24) is 9.88 Å². The van der Waals surface area contributed by atoms with E-state index in [2.05, 4.69) is 32.7 Å². The van der Waals surface area contributed by atoms with Gasteiger partial charge in [0, 0.05) is 10.9 Å². The number of fused-ring (bicyclic) bond motifs is 2. The molecule has 2 atom stereocenters. The van der Waals surface area contributed by atoms with Crippen LogP contribution in [0.3, 0.4) is 0 Å². The first kappa shape index (κ1) is 12.1. The van der Waals surface area contributed by atoms with Crippen molar-refractivity contribution in [3.63, 3.8) is 0 Å². The van der Waals surface area contributed by atoms with Crippen molar-refractivity contribution in [2.45, 2.75) is 45.1 Å². The molecule has 1 saturated heterocycles. The van der Waals surface area contributed by atoms with E-state index < -0.39 is 0 Å². The molecule has 2 unspecified atom stereocenters. The molecular formula is C13H19BrN2S. The summed E-state index contributed by atoms with van der Waals surface area (Å²) in [6.07, 6.45) is 6.51. The van der Waals surface area contributed by atoms with Crippen molar-refractivity contribution in [3.05, 3.63) is 14.5 Å². The van der Waals surface area contributed by atoms with Gasteiger partial charge >= 0.3 is 0 Å². The molecule has 94 valence electrons. The molecule has 1 aromatic rings. The van der Waals surface area contributed by atoms with Crippen molar-refractivity contribution in [2.75, 3.05) is 13.1 Å². The predicted octanol–water partition coefficient (Wildman–Crippen LogP) is 3.49. The monoisotopic (exact) mass is 314 g/mol. The van der Waals surface area contributed by atoms with Gasteiger partial charge in [-0.3, -0.25) is 4.90 Å². The lowest BCUT2D eigenvalue weighted by Crippen LogP contribution is -2.49. The van der Waals surface area contributed by atoms with Crippen LogP contribution in [0, 0.1) is 5.92 Å². The van der Waals surface area contributed by atoms with Crippen LogP contribution in [0.15, 0.2) is 3.92 Å². The van der Waals surface area contributed by atoms with Crippen molar-refractivity contribution < 1.29 is 0 Å². The number of thiazole rings is 1. The number of nitrogens with zero attached hydrogens (tertiary/aromatic N) is 2. The Bertz CT molecular complexity index is 402. The van der Waals surface area contributed by atoms with Crippen LogP contribution in [0.25, 0.3) is 0 Å². The predicted molar refractivity (Wildman–Crippen MR) is 75.6 cm³/mol. The van der Waals surface area contributed by atoms with Gasteiger partial charge in [-0.1, -0.05) is 6.92 Å². The van der Waals surface area contributed by atoms with Crippen LogP contribution in [0.5, 0.6) is 0 Å². The average Bonchev–Trinajstić information content (AvgIpc) is 2.66. The van der Waals surface area contributed by atoms with Gasteiger partial charge < -0.3 is 0 Å². The summed E-state index contributed by atoms with van der Waals surface area (Å²) in [4.78, 5) is 8.89. The fraction of sp³-hybridized carbons (Fsp3) is 0.769. The Labute approximate surface area is 116 Å². The van der Waals surface area contributed by atoms with Crippen molar-refractivity contribution >= 4 is 27.3 Å². The molecule has 0 aromatic carbocycles. The standard InChI is InChI=1S/C13H19BrN2S/c1-2-5-16-6-3-4-9-7-10-12(8-11(9)16)17-13(14)15-10/h9,11H,2-8H2,1H3. The summed E-state index contributed by atoms with van der Waals surface area (Å²) in [6.45, 7) is 4.88. The minimum absolute atomic E-state index is 0.795. The van der Waals surface area contributed by atoms with E-state index in [1.165, 1.54) is 55.8 Å². The molecule has 0 bridgehead atoms. The third-order valence-electron chi connectivity index (χ3n) is 4.15. The van der Waals surface area contributed by atoms with E-state index >= 15 is 0 Å². The van der Waals surface area contributed by atoms with Gasteiger partial charge in [-0.2, -0.15) is 0 Å². The largest absolute Gasteiger partial charge is 0.300 e. The Hall–Kier alpha value is 0.0700. The first-order chi connectivity index (χ1) is 8.28. The molecule has 2 nitrogen and oxygen atoms in total. The molecule has 1 aliphatic carbocycles. The fourth-order valence-electron chi connectivity index (χ4n) is 3.42. The van der Waals surface area contributed by atoms with Gasteiger partial charge in [0.2, 0.25) is 0 Å². The first-order valence-electron chi connectivity index (χ1n) is 6.66. The van der Waals surface area contributed by atoms with Crippen molar-refractivity contribution in [2.24, 2.45) is 5.92 Å². The number of rotatable bonds is 2. The number of hydrogen-bond acceptors (Lipinski definition) is 3. The zero-order valence-electron chi connectivity index (χ0n) is 10.3. The van der Waals surface area contributed by atoms with E-state index in [0.717, 1.165) is 15.9 Å². The van der Waals surface area contributed by atoms with Crippen LogP contribution in [0.4, 0.5) is 0 Å². The lowest BCUT2D eigenvalue weighted by atomic mass is 9.79. The van der Waals surface area contributed by atoms with Gasteiger partial charge in [-0.15, -0.1) is 11.3 Å². The Balaban J connectivity index is 1.83. The Morgan fingerprint density at radius 1 is 1.47 bits per heavy atom. The highest BCUT2D eigenvalue weighted by atomic mass is 79.9. The van der Waals surface area contributed by atoms with E-state index in [4.69, 9.17) is 0 Å². The molecule has 0 spiro atoms. The highest BCUT2D eigenvalue weighted by Gasteiger charge is 2.36. The second kappa shape index (κ2) is 4.98. The van der Waals surface area contributed by atoms with Gasteiger partial charge in [-0.05, 0) is 67.0 Å². The first-order valence-corrected chi connectivity index (χ1v) is 8.27. The zero-order valence-corrected chi connectivity index (χ0v) is 12.7. The SMILES string of the molecule is CCCN1CCCC2Cc3nc(Br)sc3CC21. The summed E-state index contributed by atoms with van der Waals surface area (Å²) in [5.41, 5.74) is 1.38. The molecule has 2 heterocycles. The quantitative estimate of drug-likeness (QED) is 0.830. The molecule has 0 amide bonds. The molecule has 17 heavy (non-hydrogen) atoms. The van der Waals surface area contributed by atoms with Crippen LogP contribution in [-0.4, -0.2) is 29.0 Å². The minimum atomic E-state index is 0.795. The Morgan fingerprint density at radius 3 is 3.18 bits per heavy atom. The highest BCUT2D eigenvalue weighted by Crippen LogP contribution is 2.38. The van der Waals surface area contributed by atoms with Crippen LogP contribution in [0.1, 0.15) is 36.8 Å². The van der Waals surface area contributed by atoms with Crippen LogP contribution in [0.2, 0.25) is 0 Å². The summed E-state index contributed by atoms with van der Waals surface area (Å²) in [5, 5.41) is 0. The van der Waals surface area contributed by atoms with Crippen LogP contribution in [-0.2, 0) is 12.8 Å². The molecule has 1 fully saturated rings. The second-order valence-corrected chi connectivity index (χ2v) is 7.61. The molecule has 3 rings (SSSR count). The molecule has 4 heteroatoms. The summed E-state index contributed by atoms with van der Waals surface area (Å²) >= 11 is 5.38. The van der Waals surface area contributed by atoms with E-state index in [9.17, 15) is 0 Å². The number of halogens is 1. The third kappa shape index (κ3) is 2.32. The lowest BCUT2D eigenvalue weighted by Gasteiger charge is -2.43. The minimum Gasteiger partial charge on any atom is -0.300 e. The molecule has 0 radical (unpaired) electrons. The van der Waals surface area contributed by atoms with Gasteiger partial charge in [0.25, 0.3) is 0 Å². The Kier molecular flexibility index (Phi) is 3.55. The molecule has 1 aromatic heterocycles. The topological polar surface area (TPSA) is 16.1 Å². The van der Waals surface area contributed by atoms with Crippen LogP contribution < -0.4 is 0 Å². The van der Waals surface area contributed by atoms with E-state index in [0.29, 0.717) is 0 Å². The van der Waals surface area contributed by atoms with Gasteiger partial charge in [0.15, 0.2) is 3.92 Å². The molecular weight excluding hydrogens is 296 g/mol. The zero-order chi connectivity index (χ0) is 11.8. The average molecular weight is 315 g/mol. The summed E-state index contributed by atoms with van der Waals surface area (Å²) in [7, 11) is 0. The van der Waals surface area contributed by atoms with E-state index in [-0.39, 0.29) is 0 Å². The number of piperidine rings is 1. The van der Waals surface area contributed by atoms with Gasteiger partial charge in [0.1, 0.15) is 0 Å². The lowest BCUT2D eigenvalue weighted by molar-refractivity contribution is 0.0857. The fourth-order valence-corrected chi connectivity index (χ4v) is 5.08. The van der Waals surface area contributed by atoms with Gasteiger partial charge in [0.05, 0.1) is 5.69 Å². The van der Waals surface area contributed by atoms with Crippen molar-refractivity contribution in [1.29, 1.82) is 0 Å². The molecule has 1 aliphatic heterocycles. The van der Waals surface area contributed by atoms with Crippen LogP contribution >= 0.6 is 27.3 Å². The maximum absolute atomic E-state index is 4.63. The summed E-state index contributed by atoms with van der Waals surface area (Å²) < 4.78 is 1.07. The number of aromatic nitrogens is 1. The Morgan fingerprint density at radius 2 is 2.35 bits per heavy atom. The van der Waals surface area contributed by atoms with E-state index in [1.54, 1.807) is 0 Å². The smallest absolute Gasteiger partial charge is 0.159 e. The maximum atomic E-state index is 4.63. The normalized spacial score (nSPS) is 28.8. The molecule has 0 N–H and O–H groups in total. The van der Waals surface area contributed by atoms with E-state index in [1.807, 2.05) is 11.3 Å². The number of hydrogen-bond donors (Lipinski definition) is 0. The second-order valence-electron chi connectivity index (χ2n) is 5.25. The summed E-state index contributed by atoms with van der Waals surface area (Å²) in [5.74, 6) is 0.858.